The van der Waals surface area contributed by atoms with E-state index >= 15 is 0 Å². The molecule has 0 aliphatic rings. The molecule has 1 aromatic carbocycles. The van der Waals surface area contributed by atoms with Crippen molar-refractivity contribution >= 4 is 27.3 Å². The highest BCUT2D eigenvalue weighted by Crippen LogP contribution is 2.26. The highest BCUT2D eigenvalue weighted by Gasteiger charge is 2.07. The second-order valence-electron chi connectivity index (χ2n) is 3.81. The average Bonchev–Trinajstić information content (AvgIpc) is 2.74. The Labute approximate surface area is 108 Å². The summed E-state index contributed by atoms with van der Waals surface area (Å²) in [5, 5.41) is 2.12. The third-order valence-electron chi connectivity index (χ3n) is 2.60. The zero-order chi connectivity index (χ0) is 11.4. The molecular weight excluding hydrogens is 282 g/mol. The number of halogens is 1. The van der Waals surface area contributed by atoms with Crippen molar-refractivity contribution in [2.75, 3.05) is 0 Å². The molecule has 1 aromatic heterocycles. The van der Waals surface area contributed by atoms with Crippen molar-refractivity contribution in [2.45, 2.75) is 18.9 Å². The molecule has 3 heteroatoms. The van der Waals surface area contributed by atoms with E-state index < -0.39 is 0 Å². The van der Waals surface area contributed by atoms with Gasteiger partial charge < -0.3 is 5.73 Å². The summed E-state index contributed by atoms with van der Waals surface area (Å²) in [6.07, 6.45) is 2.03. The van der Waals surface area contributed by atoms with Crippen LogP contribution in [0.5, 0.6) is 0 Å². The van der Waals surface area contributed by atoms with Gasteiger partial charge in [-0.3, -0.25) is 0 Å². The minimum Gasteiger partial charge on any atom is -0.324 e. The monoisotopic (exact) mass is 295 g/mol. The molecule has 0 aliphatic heterocycles. The van der Waals surface area contributed by atoms with Crippen LogP contribution in [0.3, 0.4) is 0 Å². The molecule has 1 nitrogen and oxygen atoms in total. The lowest BCUT2D eigenvalue weighted by atomic mass is 10.0. The van der Waals surface area contributed by atoms with Crippen molar-refractivity contribution < 1.29 is 0 Å². The quantitative estimate of drug-likeness (QED) is 0.901. The number of rotatable bonds is 4. The van der Waals surface area contributed by atoms with Crippen LogP contribution in [0.15, 0.2) is 45.6 Å². The fraction of sp³-hybridized carbons (Fsp3) is 0.231. The largest absolute Gasteiger partial charge is 0.324 e. The zero-order valence-corrected chi connectivity index (χ0v) is 11.3. The van der Waals surface area contributed by atoms with Gasteiger partial charge in [-0.15, -0.1) is 11.3 Å². The van der Waals surface area contributed by atoms with Gasteiger partial charge in [0.15, 0.2) is 0 Å². The average molecular weight is 296 g/mol. The topological polar surface area (TPSA) is 26.0 Å². The third kappa shape index (κ3) is 3.17. The number of nitrogens with two attached hydrogens (primary N) is 1. The van der Waals surface area contributed by atoms with E-state index in [0.29, 0.717) is 0 Å². The molecule has 0 fully saturated rings. The maximum atomic E-state index is 6.14. The van der Waals surface area contributed by atoms with Gasteiger partial charge in [-0.05, 0) is 51.3 Å². The lowest BCUT2D eigenvalue weighted by molar-refractivity contribution is 0.653. The van der Waals surface area contributed by atoms with Crippen LogP contribution in [0.2, 0.25) is 0 Å². The minimum absolute atomic E-state index is 0.141. The second-order valence-corrected chi connectivity index (χ2v) is 6.11. The number of benzene rings is 1. The van der Waals surface area contributed by atoms with E-state index in [1.165, 1.54) is 11.1 Å². The molecule has 1 unspecified atom stereocenters. The van der Waals surface area contributed by atoms with Crippen LogP contribution in [-0.2, 0) is 6.42 Å². The highest BCUT2D eigenvalue weighted by atomic mass is 79.9. The van der Waals surface area contributed by atoms with Crippen LogP contribution < -0.4 is 5.73 Å². The zero-order valence-electron chi connectivity index (χ0n) is 8.90. The Bertz CT molecular complexity index is 438. The molecule has 1 heterocycles. The van der Waals surface area contributed by atoms with Gasteiger partial charge in [0.25, 0.3) is 0 Å². The lowest BCUT2D eigenvalue weighted by Gasteiger charge is -2.09. The normalized spacial score (nSPS) is 12.6. The van der Waals surface area contributed by atoms with Crippen molar-refractivity contribution in [1.82, 2.24) is 0 Å². The van der Waals surface area contributed by atoms with Crippen LogP contribution in [0, 0.1) is 0 Å². The van der Waals surface area contributed by atoms with Crippen LogP contribution in [0.25, 0.3) is 0 Å². The van der Waals surface area contributed by atoms with Crippen molar-refractivity contribution in [3.63, 3.8) is 0 Å². The van der Waals surface area contributed by atoms with E-state index in [4.69, 9.17) is 5.73 Å². The van der Waals surface area contributed by atoms with E-state index in [0.717, 1.165) is 16.6 Å². The summed E-state index contributed by atoms with van der Waals surface area (Å²) in [7, 11) is 0. The standard InChI is InChI=1S/C13H14BrNS/c14-13-8-11(9-16-13)12(15)7-6-10-4-2-1-3-5-10/h1-5,8-9,12H,6-7,15H2. The van der Waals surface area contributed by atoms with E-state index in [1.807, 2.05) is 6.07 Å². The number of thiophene rings is 1. The molecule has 84 valence electrons. The van der Waals surface area contributed by atoms with E-state index in [2.05, 4.69) is 51.6 Å². The number of hydrogen-bond acceptors (Lipinski definition) is 2. The molecule has 2 rings (SSSR count). The molecule has 0 saturated carbocycles. The number of aryl methyl sites for hydroxylation is 1. The summed E-state index contributed by atoms with van der Waals surface area (Å²) in [6, 6.07) is 12.7. The molecule has 0 radical (unpaired) electrons. The maximum Gasteiger partial charge on any atom is 0.0701 e. The minimum atomic E-state index is 0.141. The van der Waals surface area contributed by atoms with Gasteiger partial charge in [0.1, 0.15) is 0 Å². The second kappa shape index (κ2) is 5.62. The van der Waals surface area contributed by atoms with Gasteiger partial charge in [-0.25, -0.2) is 0 Å². The van der Waals surface area contributed by atoms with Gasteiger partial charge in [0.05, 0.1) is 3.79 Å². The Morgan fingerprint density at radius 3 is 2.62 bits per heavy atom. The van der Waals surface area contributed by atoms with E-state index in [-0.39, 0.29) is 6.04 Å². The molecule has 1 atom stereocenters. The Morgan fingerprint density at radius 1 is 1.25 bits per heavy atom. The smallest absolute Gasteiger partial charge is 0.0701 e. The Hall–Kier alpha value is -0.640. The summed E-state index contributed by atoms with van der Waals surface area (Å²) >= 11 is 5.15. The summed E-state index contributed by atoms with van der Waals surface area (Å²) in [4.78, 5) is 0. The van der Waals surface area contributed by atoms with Crippen molar-refractivity contribution in [1.29, 1.82) is 0 Å². The fourth-order valence-corrected chi connectivity index (χ4v) is 2.89. The Morgan fingerprint density at radius 2 is 2.00 bits per heavy atom. The summed E-state index contributed by atoms with van der Waals surface area (Å²) in [5.74, 6) is 0. The fourth-order valence-electron chi connectivity index (χ4n) is 1.65. The summed E-state index contributed by atoms with van der Waals surface area (Å²) in [6.45, 7) is 0. The van der Waals surface area contributed by atoms with Crippen LogP contribution in [0.1, 0.15) is 23.6 Å². The van der Waals surface area contributed by atoms with Gasteiger partial charge in [-0.1, -0.05) is 30.3 Å². The Balaban J connectivity index is 1.91. The van der Waals surface area contributed by atoms with Gasteiger partial charge >= 0.3 is 0 Å². The Kier molecular flexibility index (Phi) is 4.16. The van der Waals surface area contributed by atoms with Gasteiger partial charge in [0.2, 0.25) is 0 Å². The lowest BCUT2D eigenvalue weighted by Crippen LogP contribution is -2.10. The van der Waals surface area contributed by atoms with Crippen molar-refractivity contribution in [2.24, 2.45) is 5.73 Å². The highest BCUT2D eigenvalue weighted by molar-refractivity contribution is 9.11. The SMILES string of the molecule is NC(CCc1ccccc1)c1csc(Br)c1. The van der Waals surface area contributed by atoms with Crippen LogP contribution in [0.4, 0.5) is 0 Å². The molecule has 0 amide bonds. The predicted octanol–water partition coefficient (Wildman–Crippen LogP) is 4.14. The molecule has 2 aromatic rings. The van der Waals surface area contributed by atoms with Crippen molar-refractivity contribution in [3.8, 4) is 0 Å². The van der Waals surface area contributed by atoms with E-state index in [1.54, 1.807) is 11.3 Å². The first-order valence-electron chi connectivity index (χ1n) is 5.29. The summed E-state index contributed by atoms with van der Waals surface area (Å²) in [5.41, 5.74) is 8.73. The van der Waals surface area contributed by atoms with Crippen LogP contribution in [-0.4, -0.2) is 0 Å². The molecular formula is C13H14BrNS. The molecule has 0 spiro atoms. The summed E-state index contributed by atoms with van der Waals surface area (Å²) < 4.78 is 1.15. The van der Waals surface area contributed by atoms with E-state index in [9.17, 15) is 0 Å². The molecule has 0 saturated heterocycles. The van der Waals surface area contributed by atoms with Gasteiger partial charge in [-0.2, -0.15) is 0 Å². The predicted molar refractivity (Wildman–Crippen MR) is 73.7 cm³/mol. The number of hydrogen-bond donors (Lipinski definition) is 1. The maximum absolute atomic E-state index is 6.14. The first kappa shape index (κ1) is 11.8. The third-order valence-corrected chi connectivity index (χ3v) is 4.13. The van der Waals surface area contributed by atoms with Crippen molar-refractivity contribution in [3.05, 3.63) is 56.7 Å². The molecule has 16 heavy (non-hydrogen) atoms. The first-order chi connectivity index (χ1) is 7.75. The van der Waals surface area contributed by atoms with Gasteiger partial charge in [0, 0.05) is 6.04 Å². The first-order valence-corrected chi connectivity index (χ1v) is 6.96. The van der Waals surface area contributed by atoms with Crippen LogP contribution >= 0.6 is 27.3 Å². The molecule has 2 N–H and O–H groups in total. The molecule has 0 bridgehead atoms. The molecule has 0 aliphatic carbocycles.